The fourth-order valence-corrected chi connectivity index (χ4v) is 2.11. The highest BCUT2D eigenvalue weighted by Gasteiger charge is 2.10. The molecule has 0 bridgehead atoms. The van der Waals surface area contributed by atoms with Gasteiger partial charge in [0, 0.05) is 6.54 Å². The minimum atomic E-state index is -0.202. The molecular weight excluding hydrogens is 176 g/mol. The van der Waals surface area contributed by atoms with Crippen molar-refractivity contribution in [2.75, 3.05) is 39.8 Å². The van der Waals surface area contributed by atoms with Gasteiger partial charge >= 0.3 is 0 Å². The zero-order chi connectivity index (χ0) is 10.4. The molecule has 1 rings (SSSR count). The average molecular weight is 200 g/mol. The fraction of sp³-hybridized carbons (Fsp3) is 1.00. The number of aliphatic hydroxyl groups excluding tert-OH is 1. The lowest BCUT2D eigenvalue weighted by atomic mass is 10.3. The monoisotopic (exact) mass is 200 g/mol. The van der Waals surface area contributed by atoms with E-state index in [0.29, 0.717) is 0 Å². The first-order valence-corrected chi connectivity index (χ1v) is 5.77. The van der Waals surface area contributed by atoms with Crippen LogP contribution in [-0.2, 0) is 0 Å². The quantitative estimate of drug-likeness (QED) is 0.686. The zero-order valence-corrected chi connectivity index (χ0v) is 9.58. The second-order valence-electron chi connectivity index (χ2n) is 4.51. The molecule has 3 heteroatoms. The molecule has 1 heterocycles. The molecule has 0 amide bonds. The summed E-state index contributed by atoms with van der Waals surface area (Å²) in [5, 5.41) is 9.18. The van der Waals surface area contributed by atoms with Crippen molar-refractivity contribution in [3.05, 3.63) is 0 Å². The highest BCUT2D eigenvalue weighted by Crippen LogP contribution is 2.07. The van der Waals surface area contributed by atoms with Crippen molar-refractivity contribution in [2.24, 2.45) is 0 Å². The molecule has 0 aliphatic carbocycles. The summed E-state index contributed by atoms with van der Waals surface area (Å²) in [5.74, 6) is 0. The molecule has 1 fully saturated rings. The average Bonchev–Trinajstić information content (AvgIpc) is 2.55. The molecule has 3 nitrogen and oxygen atoms in total. The minimum Gasteiger partial charge on any atom is -0.392 e. The van der Waals surface area contributed by atoms with Crippen LogP contribution in [-0.4, -0.2) is 60.8 Å². The molecular formula is C11H24N2O. The van der Waals surface area contributed by atoms with E-state index in [9.17, 15) is 5.11 Å². The van der Waals surface area contributed by atoms with Crippen LogP contribution in [0.4, 0.5) is 0 Å². The van der Waals surface area contributed by atoms with E-state index in [4.69, 9.17) is 0 Å². The van der Waals surface area contributed by atoms with Gasteiger partial charge in [0.2, 0.25) is 0 Å². The molecule has 1 N–H and O–H groups in total. The van der Waals surface area contributed by atoms with Crippen molar-refractivity contribution in [3.8, 4) is 0 Å². The van der Waals surface area contributed by atoms with Gasteiger partial charge in [-0.1, -0.05) is 0 Å². The van der Waals surface area contributed by atoms with Gasteiger partial charge in [0.1, 0.15) is 0 Å². The Kier molecular flexibility index (Phi) is 5.45. The fourth-order valence-electron chi connectivity index (χ4n) is 2.11. The van der Waals surface area contributed by atoms with E-state index in [1.54, 1.807) is 0 Å². The van der Waals surface area contributed by atoms with Gasteiger partial charge in [0.05, 0.1) is 6.10 Å². The maximum atomic E-state index is 9.18. The first-order valence-electron chi connectivity index (χ1n) is 5.77. The van der Waals surface area contributed by atoms with Gasteiger partial charge in [0.15, 0.2) is 0 Å². The Labute approximate surface area is 87.7 Å². The van der Waals surface area contributed by atoms with Crippen molar-refractivity contribution in [2.45, 2.75) is 32.3 Å². The van der Waals surface area contributed by atoms with Crippen LogP contribution in [0.5, 0.6) is 0 Å². The second-order valence-corrected chi connectivity index (χ2v) is 4.51. The first kappa shape index (κ1) is 12.0. The van der Waals surface area contributed by atoms with E-state index in [-0.39, 0.29) is 6.10 Å². The van der Waals surface area contributed by atoms with Crippen LogP contribution in [0.3, 0.4) is 0 Å². The lowest BCUT2D eigenvalue weighted by molar-refractivity contribution is 0.138. The van der Waals surface area contributed by atoms with E-state index in [0.717, 1.165) is 13.1 Å². The van der Waals surface area contributed by atoms with E-state index in [2.05, 4.69) is 16.8 Å². The van der Waals surface area contributed by atoms with Crippen molar-refractivity contribution < 1.29 is 5.11 Å². The Morgan fingerprint density at radius 1 is 1.36 bits per heavy atom. The number of likely N-dealkylation sites (tertiary alicyclic amines) is 1. The lowest BCUT2D eigenvalue weighted by Crippen LogP contribution is -2.30. The Balaban J connectivity index is 1.96. The van der Waals surface area contributed by atoms with Crippen LogP contribution in [0.1, 0.15) is 26.2 Å². The molecule has 0 aromatic heterocycles. The third-order valence-corrected chi connectivity index (χ3v) is 2.79. The number of hydrogen-bond donors (Lipinski definition) is 1. The Morgan fingerprint density at radius 2 is 2.00 bits per heavy atom. The maximum Gasteiger partial charge on any atom is 0.0638 e. The number of likely N-dealkylation sites (N-methyl/N-ethyl adjacent to an activating group) is 1. The molecule has 1 atom stereocenters. The van der Waals surface area contributed by atoms with Crippen molar-refractivity contribution in [3.63, 3.8) is 0 Å². The predicted molar refractivity (Wildman–Crippen MR) is 59.5 cm³/mol. The summed E-state index contributed by atoms with van der Waals surface area (Å²) in [6.45, 7) is 7.54. The van der Waals surface area contributed by atoms with E-state index >= 15 is 0 Å². The molecule has 14 heavy (non-hydrogen) atoms. The summed E-state index contributed by atoms with van der Waals surface area (Å²) in [7, 11) is 2.08. The van der Waals surface area contributed by atoms with Crippen molar-refractivity contribution in [1.82, 2.24) is 9.80 Å². The Bertz CT molecular complexity index is 144. The third kappa shape index (κ3) is 4.94. The molecule has 0 saturated carbocycles. The van der Waals surface area contributed by atoms with Gasteiger partial charge < -0.3 is 14.9 Å². The topological polar surface area (TPSA) is 26.7 Å². The van der Waals surface area contributed by atoms with E-state index in [1.807, 2.05) is 6.92 Å². The Hall–Kier alpha value is -0.120. The van der Waals surface area contributed by atoms with Crippen LogP contribution >= 0.6 is 0 Å². The van der Waals surface area contributed by atoms with Gasteiger partial charge in [-0.3, -0.25) is 0 Å². The van der Waals surface area contributed by atoms with Crippen LogP contribution < -0.4 is 0 Å². The van der Waals surface area contributed by atoms with E-state index in [1.165, 1.54) is 38.9 Å². The van der Waals surface area contributed by atoms with Gasteiger partial charge in [-0.2, -0.15) is 0 Å². The first-order chi connectivity index (χ1) is 6.68. The van der Waals surface area contributed by atoms with Gasteiger partial charge in [-0.05, 0) is 59.4 Å². The Morgan fingerprint density at radius 3 is 2.57 bits per heavy atom. The largest absolute Gasteiger partial charge is 0.392 e. The summed E-state index contributed by atoms with van der Waals surface area (Å²) in [5.41, 5.74) is 0. The molecule has 1 aliphatic rings. The van der Waals surface area contributed by atoms with Crippen LogP contribution in [0.25, 0.3) is 0 Å². The summed E-state index contributed by atoms with van der Waals surface area (Å²) in [6.07, 6.45) is 3.78. The van der Waals surface area contributed by atoms with Crippen molar-refractivity contribution in [1.29, 1.82) is 0 Å². The van der Waals surface area contributed by atoms with E-state index < -0.39 is 0 Å². The maximum absolute atomic E-state index is 9.18. The molecule has 0 aromatic rings. The number of aliphatic hydroxyl groups is 1. The molecule has 1 aliphatic heterocycles. The summed E-state index contributed by atoms with van der Waals surface area (Å²) in [4.78, 5) is 4.75. The number of hydrogen-bond acceptors (Lipinski definition) is 3. The van der Waals surface area contributed by atoms with Crippen LogP contribution in [0.2, 0.25) is 0 Å². The highest BCUT2D eigenvalue weighted by atomic mass is 16.3. The molecule has 84 valence electrons. The zero-order valence-electron chi connectivity index (χ0n) is 9.58. The van der Waals surface area contributed by atoms with Gasteiger partial charge in [-0.15, -0.1) is 0 Å². The van der Waals surface area contributed by atoms with Crippen molar-refractivity contribution >= 4 is 0 Å². The van der Waals surface area contributed by atoms with Crippen LogP contribution in [0.15, 0.2) is 0 Å². The smallest absolute Gasteiger partial charge is 0.0638 e. The molecule has 1 unspecified atom stereocenters. The van der Waals surface area contributed by atoms with Crippen LogP contribution in [0, 0.1) is 0 Å². The third-order valence-electron chi connectivity index (χ3n) is 2.79. The summed E-state index contributed by atoms with van der Waals surface area (Å²) in [6, 6.07) is 0. The summed E-state index contributed by atoms with van der Waals surface area (Å²) < 4.78 is 0. The number of rotatable bonds is 6. The lowest BCUT2D eigenvalue weighted by Gasteiger charge is -2.20. The normalized spacial score (nSPS) is 20.6. The van der Waals surface area contributed by atoms with Gasteiger partial charge in [0.25, 0.3) is 0 Å². The molecule has 0 aromatic carbocycles. The SMILES string of the molecule is CC(O)CN(C)CCCN1CCCC1. The molecule has 0 spiro atoms. The highest BCUT2D eigenvalue weighted by molar-refractivity contribution is 4.66. The summed E-state index contributed by atoms with van der Waals surface area (Å²) >= 11 is 0. The minimum absolute atomic E-state index is 0.202. The number of nitrogens with zero attached hydrogens (tertiary/aromatic N) is 2. The molecule has 1 saturated heterocycles. The molecule has 0 radical (unpaired) electrons. The predicted octanol–water partition coefficient (Wildman–Crippen LogP) is 0.785. The second kappa shape index (κ2) is 6.38. The standard InChI is InChI=1S/C11H24N2O/c1-11(14)10-12(2)6-5-9-13-7-3-4-8-13/h11,14H,3-10H2,1-2H3. The van der Waals surface area contributed by atoms with Gasteiger partial charge in [-0.25, -0.2) is 0 Å².